The lowest BCUT2D eigenvalue weighted by molar-refractivity contribution is 0.0515. The first-order valence-electron chi connectivity index (χ1n) is 7.37. The summed E-state index contributed by atoms with van der Waals surface area (Å²) in [6, 6.07) is 15.9. The molecule has 4 heteroatoms. The molecule has 0 fully saturated rings. The molecule has 1 heterocycles. The molecule has 0 saturated carbocycles. The van der Waals surface area contributed by atoms with Crippen LogP contribution in [0.15, 0.2) is 48.5 Å². The van der Waals surface area contributed by atoms with Gasteiger partial charge in [0.1, 0.15) is 0 Å². The van der Waals surface area contributed by atoms with Crippen LogP contribution in [0, 0.1) is 6.92 Å². The van der Waals surface area contributed by atoms with E-state index in [1.54, 1.807) is 11.6 Å². The van der Waals surface area contributed by atoms with E-state index in [4.69, 9.17) is 4.74 Å². The van der Waals surface area contributed by atoms with Crippen molar-refractivity contribution < 1.29 is 9.53 Å². The van der Waals surface area contributed by atoms with Crippen molar-refractivity contribution in [3.05, 3.63) is 65.4 Å². The molecule has 1 aromatic heterocycles. The van der Waals surface area contributed by atoms with Gasteiger partial charge in [0.2, 0.25) is 0 Å². The largest absolute Gasteiger partial charge is 0.461 e. The maximum atomic E-state index is 12.3. The second-order valence-corrected chi connectivity index (χ2v) is 5.23. The fraction of sp³-hybridized carbons (Fsp3) is 0.222. The summed E-state index contributed by atoms with van der Waals surface area (Å²) in [7, 11) is 0. The highest BCUT2D eigenvalue weighted by molar-refractivity contribution is 6.02. The highest BCUT2D eigenvalue weighted by Crippen LogP contribution is 2.20. The molecule has 0 aliphatic heterocycles. The molecule has 0 aliphatic carbocycles. The first-order chi connectivity index (χ1) is 10.7. The van der Waals surface area contributed by atoms with Crippen molar-refractivity contribution in [3.8, 4) is 0 Å². The van der Waals surface area contributed by atoms with Crippen molar-refractivity contribution >= 4 is 16.9 Å². The normalized spacial score (nSPS) is 10.8. The van der Waals surface area contributed by atoms with Crippen LogP contribution in [-0.4, -0.2) is 22.4 Å². The fourth-order valence-corrected chi connectivity index (χ4v) is 2.48. The van der Waals surface area contributed by atoms with E-state index >= 15 is 0 Å². The molecule has 0 amide bonds. The topological polar surface area (TPSA) is 44.1 Å². The van der Waals surface area contributed by atoms with Gasteiger partial charge in [-0.2, -0.15) is 5.10 Å². The van der Waals surface area contributed by atoms with Crippen LogP contribution >= 0.6 is 0 Å². The summed E-state index contributed by atoms with van der Waals surface area (Å²) in [4.78, 5) is 12.3. The van der Waals surface area contributed by atoms with Gasteiger partial charge in [-0.05, 0) is 25.5 Å². The monoisotopic (exact) mass is 294 g/mol. The van der Waals surface area contributed by atoms with Gasteiger partial charge in [0.25, 0.3) is 0 Å². The number of aromatic nitrogens is 2. The van der Waals surface area contributed by atoms with Crippen molar-refractivity contribution in [2.45, 2.75) is 20.4 Å². The van der Waals surface area contributed by atoms with Gasteiger partial charge in [0.15, 0.2) is 5.69 Å². The maximum Gasteiger partial charge on any atom is 0.357 e. The molecule has 0 bridgehead atoms. The van der Waals surface area contributed by atoms with E-state index in [0.29, 0.717) is 18.8 Å². The molecule has 0 N–H and O–H groups in total. The Morgan fingerprint density at radius 2 is 1.86 bits per heavy atom. The van der Waals surface area contributed by atoms with Gasteiger partial charge >= 0.3 is 5.97 Å². The Balaban J connectivity index is 2.05. The van der Waals surface area contributed by atoms with Crippen molar-refractivity contribution in [1.29, 1.82) is 0 Å². The van der Waals surface area contributed by atoms with Gasteiger partial charge < -0.3 is 4.74 Å². The summed E-state index contributed by atoms with van der Waals surface area (Å²) < 4.78 is 6.92. The SMILES string of the molecule is CCOC(=O)c1c2ccccc2nn1Cc1ccc(C)cc1. The summed E-state index contributed by atoms with van der Waals surface area (Å²) in [6.45, 7) is 4.75. The molecule has 0 aliphatic rings. The summed E-state index contributed by atoms with van der Waals surface area (Å²) in [5, 5.41) is 5.38. The highest BCUT2D eigenvalue weighted by atomic mass is 16.5. The van der Waals surface area contributed by atoms with Gasteiger partial charge in [-0.25, -0.2) is 4.79 Å². The standard InChI is InChI=1S/C18H18N2O2/c1-3-22-18(21)17-15-6-4-5-7-16(15)19-20(17)12-14-10-8-13(2)9-11-14/h4-11H,3,12H2,1-2H3. The molecule has 22 heavy (non-hydrogen) atoms. The molecule has 4 nitrogen and oxygen atoms in total. The van der Waals surface area contributed by atoms with Crippen molar-refractivity contribution in [3.63, 3.8) is 0 Å². The first kappa shape index (κ1) is 14.3. The van der Waals surface area contributed by atoms with Gasteiger partial charge in [-0.15, -0.1) is 0 Å². The van der Waals surface area contributed by atoms with Crippen LogP contribution in [0.3, 0.4) is 0 Å². The number of esters is 1. The minimum absolute atomic E-state index is 0.330. The molecule has 0 atom stereocenters. The van der Waals surface area contributed by atoms with Gasteiger partial charge in [0.05, 0.1) is 18.7 Å². The zero-order valence-corrected chi connectivity index (χ0v) is 12.7. The minimum Gasteiger partial charge on any atom is -0.461 e. The van der Waals surface area contributed by atoms with Crippen LogP contribution in [0.4, 0.5) is 0 Å². The number of nitrogens with zero attached hydrogens (tertiary/aromatic N) is 2. The molecule has 3 aromatic rings. The molecule has 0 unspecified atom stereocenters. The second-order valence-electron chi connectivity index (χ2n) is 5.23. The third kappa shape index (κ3) is 2.72. The molecule has 3 rings (SSSR count). The van der Waals surface area contributed by atoms with Crippen molar-refractivity contribution in [2.24, 2.45) is 0 Å². The Morgan fingerprint density at radius 1 is 1.14 bits per heavy atom. The third-order valence-electron chi connectivity index (χ3n) is 3.57. The molecule has 0 radical (unpaired) electrons. The van der Waals surface area contributed by atoms with E-state index in [1.807, 2.05) is 24.3 Å². The minimum atomic E-state index is -0.330. The molecule has 112 valence electrons. The number of aryl methyl sites for hydroxylation is 1. The number of hydrogen-bond acceptors (Lipinski definition) is 3. The Morgan fingerprint density at radius 3 is 2.59 bits per heavy atom. The number of carbonyl (C=O) groups is 1. The Kier molecular flexibility index (Phi) is 3.92. The van der Waals surface area contributed by atoms with Crippen molar-refractivity contribution in [1.82, 2.24) is 9.78 Å². The number of benzene rings is 2. The van der Waals surface area contributed by atoms with E-state index in [2.05, 4.69) is 36.3 Å². The quantitative estimate of drug-likeness (QED) is 0.691. The lowest BCUT2D eigenvalue weighted by atomic mass is 10.1. The summed E-state index contributed by atoms with van der Waals surface area (Å²) in [5.74, 6) is -0.330. The van der Waals surface area contributed by atoms with Crippen LogP contribution in [0.5, 0.6) is 0 Å². The smallest absolute Gasteiger partial charge is 0.357 e. The fourth-order valence-electron chi connectivity index (χ4n) is 2.48. The maximum absolute atomic E-state index is 12.3. The summed E-state index contributed by atoms with van der Waals surface area (Å²) in [6.07, 6.45) is 0. The average Bonchev–Trinajstić information content (AvgIpc) is 2.87. The molecule has 0 spiro atoms. The van der Waals surface area contributed by atoms with E-state index in [0.717, 1.165) is 16.5 Å². The zero-order valence-electron chi connectivity index (χ0n) is 12.7. The van der Waals surface area contributed by atoms with Gasteiger partial charge in [-0.1, -0.05) is 48.0 Å². The number of hydrogen-bond donors (Lipinski definition) is 0. The van der Waals surface area contributed by atoms with Gasteiger partial charge in [0, 0.05) is 5.39 Å². The Bertz CT molecular complexity index is 804. The highest BCUT2D eigenvalue weighted by Gasteiger charge is 2.19. The predicted molar refractivity (Wildman–Crippen MR) is 86.0 cm³/mol. The van der Waals surface area contributed by atoms with Crippen LogP contribution in [0.1, 0.15) is 28.5 Å². The summed E-state index contributed by atoms with van der Waals surface area (Å²) in [5.41, 5.74) is 3.62. The second kappa shape index (κ2) is 6.02. The molecular weight excluding hydrogens is 276 g/mol. The third-order valence-corrected chi connectivity index (χ3v) is 3.57. The van der Waals surface area contributed by atoms with Crippen LogP contribution < -0.4 is 0 Å². The van der Waals surface area contributed by atoms with E-state index < -0.39 is 0 Å². The molecular formula is C18H18N2O2. The van der Waals surface area contributed by atoms with E-state index in [-0.39, 0.29) is 5.97 Å². The number of ether oxygens (including phenoxy) is 1. The van der Waals surface area contributed by atoms with Gasteiger partial charge in [-0.3, -0.25) is 4.68 Å². The zero-order chi connectivity index (χ0) is 15.5. The Labute approximate surface area is 129 Å². The number of rotatable bonds is 4. The van der Waals surface area contributed by atoms with E-state index in [1.165, 1.54) is 5.56 Å². The number of carbonyl (C=O) groups excluding carboxylic acids is 1. The predicted octanol–water partition coefficient (Wildman–Crippen LogP) is 3.57. The molecule has 0 saturated heterocycles. The van der Waals surface area contributed by atoms with Crippen LogP contribution in [-0.2, 0) is 11.3 Å². The van der Waals surface area contributed by atoms with Crippen LogP contribution in [0.25, 0.3) is 10.9 Å². The molecule has 2 aromatic carbocycles. The summed E-state index contributed by atoms with van der Waals surface area (Å²) >= 11 is 0. The lowest BCUT2D eigenvalue weighted by Crippen LogP contribution is -2.14. The van der Waals surface area contributed by atoms with Crippen LogP contribution in [0.2, 0.25) is 0 Å². The van der Waals surface area contributed by atoms with E-state index in [9.17, 15) is 4.79 Å². The lowest BCUT2D eigenvalue weighted by Gasteiger charge is -2.07. The number of fused-ring (bicyclic) bond motifs is 1. The Hall–Kier alpha value is -2.62. The average molecular weight is 294 g/mol. The first-order valence-corrected chi connectivity index (χ1v) is 7.37. The van der Waals surface area contributed by atoms with Crippen molar-refractivity contribution in [2.75, 3.05) is 6.61 Å².